The summed E-state index contributed by atoms with van der Waals surface area (Å²) in [5.74, 6) is 0.996. The van der Waals surface area contributed by atoms with Crippen LogP contribution in [0.2, 0.25) is 0 Å². The summed E-state index contributed by atoms with van der Waals surface area (Å²) < 4.78 is 0. The first-order valence-corrected chi connectivity index (χ1v) is 7.55. The van der Waals surface area contributed by atoms with Crippen molar-refractivity contribution in [1.82, 2.24) is 9.97 Å². The van der Waals surface area contributed by atoms with E-state index in [1.807, 2.05) is 0 Å². The Hall–Kier alpha value is -1.16. The molecule has 0 aromatic carbocycles. The molecule has 1 fully saturated rings. The van der Waals surface area contributed by atoms with E-state index in [-0.39, 0.29) is 0 Å². The van der Waals surface area contributed by atoms with E-state index in [4.69, 9.17) is 0 Å². The van der Waals surface area contributed by atoms with Crippen molar-refractivity contribution >= 4 is 27.4 Å². The van der Waals surface area contributed by atoms with Gasteiger partial charge < -0.3 is 5.32 Å². The Balaban J connectivity index is 2.03. The monoisotopic (exact) mass is 275 g/mol. The van der Waals surface area contributed by atoms with Gasteiger partial charge in [-0.15, -0.1) is 11.3 Å². The van der Waals surface area contributed by atoms with E-state index in [1.54, 1.807) is 17.7 Å². The third kappa shape index (κ3) is 1.62. The number of fused-ring (bicyclic) bond motifs is 1. The molecular weight excluding hydrogens is 254 g/mol. The van der Waals surface area contributed by atoms with Gasteiger partial charge >= 0.3 is 0 Å². The minimum Gasteiger partial charge on any atom is -0.366 e. The Labute approximate surface area is 118 Å². The Morgan fingerprint density at radius 3 is 2.32 bits per heavy atom. The van der Waals surface area contributed by atoms with Gasteiger partial charge in [-0.25, -0.2) is 9.97 Å². The number of hydrogen-bond acceptors (Lipinski definition) is 4. The smallest absolute Gasteiger partial charge is 0.138 e. The molecular formula is C15H21N3S. The normalized spacial score (nSPS) is 20.7. The summed E-state index contributed by atoms with van der Waals surface area (Å²) in [7, 11) is 0. The van der Waals surface area contributed by atoms with Gasteiger partial charge in [-0.3, -0.25) is 0 Å². The van der Waals surface area contributed by atoms with Crippen LogP contribution < -0.4 is 5.32 Å². The van der Waals surface area contributed by atoms with Gasteiger partial charge in [0.15, 0.2) is 0 Å². The maximum atomic E-state index is 4.48. The molecule has 3 rings (SSSR count). The molecule has 0 unspecified atom stereocenters. The molecule has 1 aliphatic rings. The lowest BCUT2D eigenvalue weighted by Gasteiger charge is -2.09. The van der Waals surface area contributed by atoms with Crippen molar-refractivity contribution in [2.45, 2.75) is 47.6 Å². The van der Waals surface area contributed by atoms with Crippen LogP contribution in [-0.2, 0) is 0 Å². The van der Waals surface area contributed by atoms with E-state index in [1.165, 1.54) is 15.8 Å². The van der Waals surface area contributed by atoms with Crippen LogP contribution in [0.25, 0.3) is 10.2 Å². The van der Waals surface area contributed by atoms with E-state index < -0.39 is 0 Å². The molecule has 0 radical (unpaired) electrons. The van der Waals surface area contributed by atoms with Crippen LogP contribution in [0, 0.1) is 24.7 Å². The minimum atomic E-state index is 0.309. The van der Waals surface area contributed by atoms with Gasteiger partial charge in [0.1, 0.15) is 17.0 Å². The average molecular weight is 275 g/mol. The maximum absolute atomic E-state index is 4.48. The Kier molecular flexibility index (Phi) is 2.50. The molecule has 1 aliphatic carbocycles. The highest BCUT2D eigenvalue weighted by molar-refractivity contribution is 7.18. The molecule has 1 N–H and O–H groups in total. The van der Waals surface area contributed by atoms with Gasteiger partial charge in [-0.2, -0.15) is 0 Å². The molecule has 0 aliphatic heterocycles. The van der Waals surface area contributed by atoms with Crippen LogP contribution in [0.3, 0.4) is 0 Å². The van der Waals surface area contributed by atoms with Crippen molar-refractivity contribution in [1.29, 1.82) is 0 Å². The van der Waals surface area contributed by atoms with Crippen molar-refractivity contribution in [2.24, 2.45) is 10.8 Å². The van der Waals surface area contributed by atoms with Crippen molar-refractivity contribution in [3.05, 3.63) is 16.8 Å². The zero-order chi connectivity index (χ0) is 14.0. The van der Waals surface area contributed by atoms with Gasteiger partial charge in [-0.1, -0.05) is 27.7 Å². The summed E-state index contributed by atoms with van der Waals surface area (Å²) in [5, 5.41) is 4.85. The summed E-state index contributed by atoms with van der Waals surface area (Å²) in [4.78, 5) is 11.3. The molecule has 2 aromatic heterocycles. The molecule has 2 heterocycles. The molecule has 0 amide bonds. The van der Waals surface area contributed by atoms with Crippen LogP contribution in [0.4, 0.5) is 5.82 Å². The number of anilines is 1. The topological polar surface area (TPSA) is 37.8 Å². The fraction of sp³-hybridized carbons (Fsp3) is 0.600. The predicted octanol–water partition coefficient (Wildman–Crippen LogP) is 4.15. The summed E-state index contributed by atoms with van der Waals surface area (Å²) in [6.45, 7) is 13.6. The van der Waals surface area contributed by atoms with E-state index in [9.17, 15) is 0 Å². The van der Waals surface area contributed by atoms with Crippen LogP contribution in [0.1, 0.15) is 38.1 Å². The molecule has 0 atom stereocenters. The second-order valence-electron chi connectivity index (χ2n) is 6.71. The van der Waals surface area contributed by atoms with Gasteiger partial charge in [0.05, 0.1) is 5.39 Å². The second kappa shape index (κ2) is 3.69. The fourth-order valence-corrected chi connectivity index (χ4v) is 3.98. The third-order valence-corrected chi connectivity index (χ3v) is 6.38. The van der Waals surface area contributed by atoms with Gasteiger partial charge in [0.25, 0.3) is 0 Å². The highest BCUT2D eigenvalue weighted by atomic mass is 32.1. The maximum Gasteiger partial charge on any atom is 0.138 e. The van der Waals surface area contributed by atoms with Crippen molar-refractivity contribution in [2.75, 3.05) is 5.32 Å². The van der Waals surface area contributed by atoms with Crippen LogP contribution >= 0.6 is 11.3 Å². The van der Waals surface area contributed by atoms with E-state index in [0.717, 1.165) is 10.6 Å². The van der Waals surface area contributed by atoms with E-state index >= 15 is 0 Å². The van der Waals surface area contributed by atoms with Crippen LogP contribution in [-0.4, -0.2) is 16.0 Å². The first-order valence-electron chi connectivity index (χ1n) is 6.74. The van der Waals surface area contributed by atoms with Gasteiger partial charge in [0.2, 0.25) is 0 Å². The van der Waals surface area contributed by atoms with Gasteiger partial charge in [0, 0.05) is 10.9 Å². The Morgan fingerprint density at radius 2 is 1.74 bits per heavy atom. The van der Waals surface area contributed by atoms with Crippen molar-refractivity contribution in [3.8, 4) is 0 Å². The number of rotatable bonds is 2. The molecule has 2 aromatic rings. The van der Waals surface area contributed by atoms with Crippen molar-refractivity contribution in [3.63, 3.8) is 0 Å². The fourth-order valence-electron chi connectivity index (χ4n) is 2.99. The second-order valence-corrected chi connectivity index (χ2v) is 7.91. The molecule has 4 heteroatoms. The molecule has 0 spiro atoms. The number of hydrogen-bond donors (Lipinski definition) is 1. The molecule has 102 valence electrons. The molecule has 1 saturated carbocycles. The Bertz CT molecular complexity index is 641. The molecule has 0 saturated heterocycles. The number of nitrogens with zero attached hydrogens (tertiary/aromatic N) is 2. The number of nitrogens with one attached hydrogen (secondary N) is 1. The number of aryl methyl sites for hydroxylation is 2. The summed E-state index contributed by atoms with van der Waals surface area (Å²) in [6, 6.07) is 0.470. The Morgan fingerprint density at radius 1 is 1.11 bits per heavy atom. The lowest BCUT2D eigenvalue weighted by atomic mass is 10.0. The molecule has 0 bridgehead atoms. The summed E-state index contributed by atoms with van der Waals surface area (Å²) in [5.41, 5.74) is 1.92. The molecule has 3 nitrogen and oxygen atoms in total. The molecule has 19 heavy (non-hydrogen) atoms. The largest absolute Gasteiger partial charge is 0.366 e. The van der Waals surface area contributed by atoms with E-state index in [2.05, 4.69) is 56.8 Å². The highest BCUT2D eigenvalue weighted by Crippen LogP contribution is 2.63. The predicted molar refractivity (Wildman–Crippen MR) is 81.9 cm³/mol. The first-order chi connectivity index (χ1) is 8.76. The van der Waals surface area contributed by atoms with Crippen LogP contribution in [0.15, 0.2) is 6.33 Å². The SMILES string of the molecule is Cc1sc2ncnc(NC3C(C)(C)C3(C)C)c2c1C. The standard InChI is InChI=1S/C15H21N3S/c1-8-9(2)19-12-10(8)11(16-7-17-12)18-13-14(3,4)15(13,5)6/h7,13H,1-6H3,(H,16,17,18). The number of thiophene rings is 1. The first kappa shape index (κ1) is 12.9. The lowest BCUT2D eigenvalue weighted by Crippen LogP contribution is -2.11. The lowest BCUT2D eigenvalue weighted by molar-refractivity contribution is 0.457. The van der Waals surface area contributed by atoms with E-state index in [0.29, 0.717) is 16.9 Å². The number of aromatic nitrogens is 2. The zero-order valence-electron chi connectivity index (χ0n) is 12.5. The zero-order valence-corrected chi connectivity index (χ0v) is 13.3. The highest BCUT2D eigenvalue weighted by Gasteiger charge is 2.65. The van der Waals surface area contributed by atoms with Crippen LogP contribution in [0.5, 0.6) is 0 Å². The minimum absolute atomic E-state index is 0.309. The summed E-state index contributed by atoms with van der Waals surface area (Å²) >= 11 is 1.75. The average Bonchev–Trinajstić information content (AvgIpc) is 2.59. The van der Waals surface area contributed by atoms with Crippen molar-refractivity contribution < 1.29 is 0 Å². The third-order valence-electron chi connectivity index (χ3n) is 5.27. The quantitative estimate of drug-likeness (QED) is 0.894. The van der Waals surface area contributed by atoms with Gasteiger partial charge in [-0.05, 0) is 30.2 Å². The summed E-state index contributed by atoms with van der Waals surface area (Å²) in [6.07, 6.45) is 1.67.